The molecule has 0 saturated carbocycles. The van der Waals surface area contributed by atoms with Gasteiger partial charge in [0.15, 0.2) is 0 Å². The number of nitrogens with two attached hydrogens (primary N) is 1. The van der Waals surface area contributed by atoms with Crippen LogP contribution in [0, 0.1) is 5.92 Å². The molecule has 2 heteroatoms. The molecule has 0 radical (unpaired) electrons. The fourth-order valence-corrected chi connectivity index (χ4v) is 3.54. The number of rotatable bonds is 20. The van der Waals surface area contributed by atoms with Crippen LogP contribution in [0.5, 0.6) is 0 Å². The van der Waals surface area contributed by atoms with Gasteiger partial charge in [0.2, 0.25) is 5.91 Å². The number of amides is 1. The summed E-state index contributed by atoms with van der Waals surface area (Å²) in [6.07, 6.45) is 28.1. The Balaban J connectivity index is 3.19. The van der Waals surface area contributed by atoms with Crippen molar-refractivity contribution in [2.75, 3.05) is 0 Å². The first kappa shape index (κ1) is 25.2. The van der Waals surface area contributed by atoms with Crippen molar-refractivity contribution in [1.29, 1.82) is 0 Å². The van der Waals surface area contributed by atoms with Crippen molar-refractivity contribution in [3.8, 4) is 0 Å². The van der Waals surface area contributed by atoms with E-state index < -0.39 is 0 Å². The summed E-state index contributed by atoms with van der Waals surface area (Å²) >= 11 is 0. The van der Waals surface area contributed by atoms with Gasteiger partial charge in [-0.25, -0.2) is 0 Å². The second-order valence-electron chi connectivity index (χ2n) is 7.94. The van der Waals surface area contributed by atoms with Crippen LogP contribution in [0.2, 0.25) is 0 Å². The number of hydrogen-bond donors (Lipinski definition) is 1. The molecule has 1 amide bonds. The molecule has 0 aliphatic rings. The number of carbonyl (C=O) groups excluding carboxylic acids is 1. The summed E-state index contributed by atoms with van der Waals surface area (Å²) in [5.74, 6) is -0.0161. The third kappa shape index (κ3) is 18.0. The number of unbranched alkanes of at least 4 members (excludes halogenated alkanes) is 14. The van der Waals surface area contributed by atoms with Crippen molar-refractivity contribution in [3.05, 3.63) is 12.2 Å². The monoisotopic (exact) mass is 365 g/mol. The molecule has 0 spiro atoms. The Labute approximate surface area is 164 Å². The van der Waals surface area contributed by atoms with Gasteiger partial charge in [0.05, 0.1) is 0 Å². The largest absolute Gasteiger partial charge is 0.369 e. The Morgan fingerprint density at radius 2 is 1.12 bits per heavy atom. The molecule has 26 heavy (non-hydrogen) atoms. The normalized spacial score (nSPS) is 12.7. The minimum absolute atomic E-state index is 0.101. The van der Waals surface area contributed by atoms with Gasteiger partial charge in [-0.3, -0.25) is 4.79 Å². The molecule has 0 saturated heterocycles. The maximum absolute atomic E-state index is 11.2. The Kier molecular flexibility index (Phi) is 19.9. The number of carbonyl (C=O) groups is 1. The fraction of sp³-hybridized carbons (Fsp3) is 0.875. The van der Waals surface area contributed by atoms with E-state index in [1.807, 2.05) is 0 Å². The molecule has 0 aromatic carbocycles. The number of hydrogen-bond acceptors (Lipinski definition) is 1. The third-order valence-corrected chi connectivity index (χ3v) is 5.46. The highest BCUT2D eigenvalue weighted by molar-refractivity contribution is 5.76. The molecule has 0 fully saturated rings. The van der Waals surface area contributed by atoms with E-state index >= 15 is 0 Å². The van der Waals surface area contributed by atoms with Gasteiger partial charge in [0.25, 0.3) is 0 Å². The van der Waals surface area contributed by atoms with Crippen molar-refractivity contribution < 1.29 is 4.79 Å². The third-order valence-electron chi connectivity index (χ3n) is 5.46. The zero-order valence-electron chi connectivity index (χ0n) is 17.9. The van der Waals surface area contributed by atoms with Crippen molar-refractivity contribution in [3.63, 3.8) is 0 Å². The zero-order valence-corrected chi connectivity index (χ0v) is 17.9. The van der Waals surface area contributed by atoms with E-state index in [9.17, 15) is 4.79 Å². The highest BCUT2D eigenvalue weighted by Crippen LogP contribution is 2.15. The molecule has 1 unspecified atom stereocenters. The number of allylic oxidation sites excluding steroid dienone is 2. The van der Waals surface area contributed by atoms with Gasteiger partial charge in [0, 0.05) is 5.92 Å². The minimum atomic E-state index is -0.117. The van der Waals surface area contributed by atoms with Crippen molar-refractivity contribution in [2.24, 2.45) is 11.7 Å². The van der Waals surface area contributed by atoms with E-state index in [4.69, 9.17) is 5.73 Å². The lowest BCUT2D eigenvalue weighted by Gasteiger charge is -2.09. The van der Waals surface area contributed by atoms with E-state index in [0.717, 1.165) is 19.3 Å². The lowest BCUT2D eigenvalue weighted by atomic mass is 9.97. The van der Waals surface area contributed by atoms with Crippen molar-refractivity contribution >= 4 is 5.91 Å². The molecule has 2 nitrogen and oxygen atoms in total. The van der Waals surface area contributed by atoms with Crippen molar-refractivity contribution in [2.45, 2.75) is 129 Å². The van der Waals surface area contributed by atoms with Gasteiger partial charge in [-0.05, 0) is 38.5 Å². The topological polar surface area (TPSA) is 43.1 Å². The molecule has 0 aromatic rings. The quantitative estimate of drug-likeness (QED) is 0.174. The molecule has 0 aliphatic heterocycles. The predicted octanol–water partition coefficient (Wildman–Crippen LogP) is 7.71. The SMILES string of the molecule is CCCCCCCCC=CCCCCCCCCCCC(CC)C(N)=O. The second-order valence-corrected chi connectivity index (χ2v) is 7.94. The van der Waals surface area contributed by atoms with Crippen LogP contribution >= 0.6 is 0 Å². The highest BCUT2D eigenvalue weighted by atomic mass is 16.1. The Morgan fingerprint density at radius 1 is 0.692 bits per heavy atom. The molecular formula is C24H47NO. The zero-order chi connectivity index (χ0) is 19.3. The summed E-state index contributed by atoms with van der Waals surface area (Å²) < 4.78 is 0. The van der Waals surface area contributed by atoms with Gasteiger partial charge >= 0.3 is 0 Å². The molecule has 0 rings (SSSR count). The van der Waals surface area contributed by atoms with Gasteiger partial charge in [-0.15, -0.1) is 0 Å². The minimum Gasteiger partial charge on any atom is -0.369 e. The average Bonchev–Trinajstić information content (AvgIpc) is 2.63. The summed E-state index contributed by atoms with van der Waals surface area (Å²) in [6, 6.07) is 0. The molecule has 0 bridgehead atoms. The molecule has 0 aliphatic carbocycles. The van der Waals surface area contributed by atoms with E-state index in [2.05, 4.69) is 26.0 Å². The first-order chi connectivity index (χ1) is 12.7. The first-order valence-electron chi connectivity index (χ1n) is 11.7. The van der Waals surface area contributed by atoms with Crippen LogP contribution in [0.15, 0.2) is 12.2 Å². The standard InChI is InChI=1S/C24H47NO/c1-3-5-6-7-8-9-10-11-12-13-14-15-16-17-18-19-20-21-22-23(4-2)24(25)26/h11-12,23H,3-10,13-22H2,1-2H3,(H2,25,26). The summed E-state index contributed by atoms with van der Waals surface area (Å²) in [7, 11) is 0. The van der Waals surface area contributed by atoms with Gasteiger partial charge in [-0.2, -0.15) is 0 Å². The lowest BCUT2D eigenvalue weighted by Crippen LogP contribution is -2.22. The summed E-state index contributed by atoms with van der Waals surface area (Å²) in [5, 5.41) is 0. The predicted molar refractivity (Wildman–Crippen MR) is 116 cm³/mol. The number of primary amides is 1. The maximum Gasteiger partial charge on any atom is 0.220 e. The Bertz CT molecular complexity index is 324. The Morgan fingerprint density at radius 3 is 1.54 bits per heavy atom. The lowest BCUT2D eigenvalue weighted by molar-refractivity contribution is -0.122. The van der Waals surface area contributed by atoms with Crippen LogP contribution < -0.4 is 5.73 Å². The van der Waals surface area contributed by atoms with E-state index in [0.29, 0.717) is 0 Å². The van der Waals surface area contributed by atoms with Crippen LogP contribution in [-0.4, -0.2) is 5.91 Å². The molecule has 154 valence electrons. The van der Waals surface area contributed by atoms with Gasteiger partial charge < -0.3 is 5.73 Å². The summed E-state index contributed by atoms with van der Waals surface area (Å²) in [6.45, 7) is 4.33. The van der Waals surface area contributed by atoms with Crippen LogP contribution in [0.1, 0.15) is 129 Å². The molecule has 0 heterocycles. The fourth-order valence-electron chi connectivity index (χ4n) is 3.54. The van der Waals surface area contributed by atoms with Gasteiger partial charge in [-0.1, -0.05) is 103 Å². The summed E-state index contributed by atoms with van der Waals surface area (Å²) in [5.41, 5.74) is 5.38. The maximum atomic E-state index is 11.2. The first-order valence-corrected chi connectivity index (χ1v) is 11.7. The van der Waals surface area contributed by atoms with Crippen LogP contribution in [0.25, 0.3) is 0 Å². The molecule has 0 aromatic heterocycles. The van der Waals surface area contributed by atoms with Crippen LogP contribution in [0.4, 0.5) is 0 Å². The smallest absolute Gasteiger partial charge is 0.220 e. The summed E-state index contributed by atoms with van der Waals surface area (Å²) in [4.78, 5) is 11.2. The molecular weight excluding hydrogens is 318 g/mol. The average molecular weight is 366 g/mol. The highest BCUT2D eigenvalue weighted by Gasteiger charge is 2.11. The van der Waals surface area contributed by atoms with E-state index in [1.165, 1.54) is 96.3 Å². The second kappa shape index (κ2) is 20.5. The molecule has 2 N–H and O–H groups in total. The van der Waals surface area contributed by atoms with Gasteiger partial charge in [0.1, 0.15) is 0 Å². The van der Waals surface area contributed by atoms with Crippen LogP contribution in [0.3, 0.4) is 0 Å². The van der Waals surface area contributed by atoms with Crippen LogP contribution in [-0.2, 0) is 4.79 Å². The van der Waals surface area contributed by atoms with Crippen molar-refractivity contribution in [1.82, 2.24) is 0 Å². The van der Waals surface area contributed by atoms with E-state index in [-0.39, 0.29) is 11.8 Å². The molecule has 1 atom stereocenters. The van der Waals surface area contributed by atoms with E-state index in [1.54, 1.807) is 0 Å². The Hall–Kier alpha value is -0.790.